The largest absolute Gasteiger partial charge is 0.490 e. The number of rotatable bonds is 8. The molecule has 5 rings (SSSR count). The predicted molar refractivity (Wildman–Crippen MR) is 164 cm³/mol. The molecule has 40 heavy (non-hydrogen) atoms. The van der Waals surface area contributed by atoms with Crippen LogP contribution in [0, 0.1) is 13.7 Å². The van der Waals surface area contributed by atoms with Crippen LogP contribution in [0.3, 0.4) is 0 Å². The molecule has 0 saturated heterocycles. The minimum atomic E-state index is -0.519. The zero-order valence-electron chi connectivity index (χ0n) is 21.5. The fourth-order valence-electron chi connectivity index (χ4n) is 4.70. The summed E-state index contributed by atoms with van der Waals surface area (Å²) in [5.41, 5.74) is 1.02. The molecule has 0 N–H and O–H groups in total. The van der Waals surface area contributed by atoms with Crippen LogP contribution in [0.25, 0.3) is 10.9 Å². The van der Waals surface area contributed by atoms with Gasteiger partial charge in [0, 0.05) is 22.5 Å². The highest BCUT2D eigenvalue weighted by atomic mass is 127. The van der Waals surface area contributed by atoms with Gasteiger partial charge in [-0.3, -0.25) is 14.9 Å². The van der Waals surface area contributed by atoms with E-state index in [1.54, 1.807) is 18.3 Å². The Labute approximate surface area is 251 Å². The normalized spacial score (nSPS) is 14.1. The Morgan fingerprint density at radius 1 is 1.20 bits per heavy atom. The zero-order chi connectivity index (χ0) is 28.2. The van der Waals surface area contributed by atoms with Crippen molar-refractivity contribution in [3.05, 3.63) is 88.6 Å². The van der Waals surface area contributed by atoms with E-state index in [0.717, 1.165) is 36.4 Å². The van der Waals surface area contributed by atoms with Gasteiger partial charge in [0.25, 0.3) is 11.2 Å². The van der Waals surface area contributed by atoms with E-state index in [1.807, 2.05) is 25.1 Å². The SMILES string of the molecule is CCOc1cc(C=Nn2c(C3CCCCC3)nc3ccc(Br)cc3c2=O)cc(I)c1Oc1ccc([N+](=O)[O-])cn1. The number of pyridine rings is 1. The number of hydrogen-bond donors (Lipinski definition) is 0. The molecule has 1 aliphatic carbocycles. The first kappa shape index (κ1) is 28.1. The topological polar surface area (TPSA) is 122 Å². The molecule has 1 saturated carbocycles. The van der Waals surface area contributed by atoms with Crippen molar-refractivity contribution in [3.63, 3.8) is 0 Å². The van der Waals surface area contributed by atoms with Crippen LogP contribution in [0.1, 0.15) is 56.3 Å². The van der Waals surface area contributed by atoms with E-state index in [-0.39, 0.29) is 23.0 Å². The number of benzene rings is 2. The van der Waals surface area contributed by atoms with Crippen LogP contribution >= 0.6 is 38.5 Å². The zero-order valence-corrected chi connectivity index (χ0v) is 25.3. The summed E-state index contributed by atoms with van der Waals surface area (Å²) in [5, 5.41) is 16.1. The third-order valence-corrected chi connectivity index (χ3v) is 7.89. The molecule has 1 aliphatic rings. The second-order valence-electron chi connectivity index (χ2n) is 9.30. The number of nitro groups is 1. The Kier molecular flexibility index (Phi) is 8.74. The second kappa shape index (κ2) is 12.4. The van der Waals surface area contributed by atoms with Crippen LogP contribution in [0.5, 0.6) is 17.4 Å². The molecule has 0 amide bonds. The van der Waals surface area contributed by atoms with Crippen LogP contribution < -0.4 is 15.0 Å². The van der Waals surface area contributed by atoms with Crippen molar-refractivity contribution in [3.8, 4) is 17.4 Å². The molecule has 2 heterocycles. The molecule has 206 valence electrons. The molecule has 2 aromatic heterocycles. The van der Waals surface area contributed by atoms with Gasteiger partial charge in [0.05, 0.1) is 32.2 Å². The average Bonchev–Trinajstić information content (AvgIpc) is 2.95. The molecule has 2 aromatic carbocycles. The van der Waals surface area contributed by atoms with Gasteiger partial charge in [-0.1, -0.05) is 35.2 Å². The minimum absolute atomic E-state index is 0.128. The van der Waals surface area contributed by atoms with Gasteiger partial charge >= 0.3 is 0 Å². The Bertz CT molecular complexity index is 1650. The summed E-state index contributed by atoms with van der Waals surface area (Å²) in [4.78, 5) is 33.0. The van der Waals surface area contributed by atoms with Gasteiger partial charge in [-0.05, 0) is 78.3 Å². The van der Waals surface area contributed by atoms with Crippen molar-refractivity contribution < 1.29 is 14.4 Å². The number of aromatic nitrogens is 3. The van der Waals surface area contributed by atoms with Gasteiger partial charge in [0.15, 0.2) is 11.5 Å². The van der Waals surface area contributed by atoms with E-state index >= 15 is 0 Å². The molecule has 0 spiro atoms. The standard InChI is InChI=1S/C28H25BrIN5O5/c1-2-39-24-13-17(12-22(30)26(24)40-25-11-9-20(16-31-25)35(37)38)15-32-34-27(18-6-4-3-5-7-18)33-23-10-8-19(29)14-21(23)28(34)36/h8-16,18H,2-7H2,1H3. The minimum Gasteiger partial charge on any atom is -0.490 e. The quantitative estimate of drug-likeness (QED) is 0.0819. The fraction of sp³-hybridized carbons (Fsp3) is 0.286. The molecular formula is C28H25BrIN5O5. The number of halogens is 2. The molecule has 0 unspecified atom stereocenters. The summed E-state index contributed by atoms with van der Waals surface area (Å²) < 4.78 is 14.7. The van der Waals surface area contributed by atoms with Gasteiger partial charge in [0.1, 0.15) is 12.0 Å². The molecule has 0 radical (unpaired) electrons. The summed E-state index contributed by atoms with van der Waals surface area (Å²) in [6.07, 6.45) is 8.09. The lowest BCUT2D eigenvalue weighted by Gasteiger charge is -2.22. The summed E-state index contributed by atoms with van der Waals surface area (Å²) in [6.45, 7) is 2.24. The van der Waals surface area contributed by atoms with Crippen molar-refractivity contribution in [2.45, 2.75) is 44.9 Å². The highest BCUT2D eigenvalue weighted by Crippen LogP contribution is 2.37. The van der Waals surface area contributed by atoms with E-state index < -0.39 is 4.92 Å². The third kappa shape index (κ3) is 6.17. The Hall–Kier alpha value is -3.39. The first-order chi connectivity index (χ1) is 19.3. The molecular weight excluding hydrogens is 693 g/mol. The van der Waals surface area contributed by atoms with E-state index in [9.17, 15) is 14.9 Å². The molecule has 0 aliphatic heterocycles. The highest BCUT2D eigenvalue weighted by molar-refractivity contribution is 14.1. The van der Waals surface area contributed by atoms with Crippen molar-refractivity contribution in [1.82, 2.24) is 14.6 Å². The van der Waals surface area contributed by atoms with Crippen LogP contribution in [-0.2, 0) is 0 Å². The Morgan fingerprint density at radius 3 is 2.70 bits per heavy atom. The molecule has 12 heteroatoms. The fourth-order valence-corrected chi connectivity index (χ4v) is 5.79. The molecule has 1 fully saturated rings. The number of fused-ring (bicyclic) bond motifs is 1. The molecule has 4 aromatic rings. The maximum absolute atomic E-state index is 13.6. The summed E-state index contributed by atoms with van der Waals surface area (Å²) in [5.74, 6) is 1.92. The molecule has 0 bridgehead atoms. The Morgan fingerprint density at radius 2 is 2.00 bits per heavy atom. The highest BCUT2D eigenvalue weighted by Gasteiger charge is 2.23. The molecule has 10 nitrogen and oxygen atoms in total. The van der Waals surface area contributed by atoms with Crippen LogP contribution in [0.15, 0.2) is 63.0 Å². The number of hydrogen-bond acceptors (Lipinski definition) is 8. The second-order valence-corrected chi connectivity index (χ2v) is 11.4. The van der Waals surface area contributed by atoms with Crippen molar-refractivity contribution in [2.75, 3.05) is 6.61 Å². The van der Waals surface area contributed by atoms with Gasteiger partial charge in [-0.2, -0.15) is 9.78 Å². The summed E-state index contributed by atoms with van der Waals surface area (Å²) >= 11 is 5.58. The van der Waals surface area contributed by atoms with Crippen LogP contribution in [0.4, 0.5) is 5.69 Å². The van der Waals surface area contributed by atoms with Gasteiger partial charge in [-0.15, -0.1) is 0 Å². The monoisotopic (exact) mass is 717 g/mol. The van der Waals surface area contributed by atoms with Crippen molar-refractivity contribution >= 4 is 61.3 Å². The van der Waals surface area contributed by atoms with E-state index in [2.05, 4.69) is 48.6 Å². The van der Waals surface area contributed by atoms with Gasteiger partial charge in [-0.25, -0.2) is 9.97 Å². The maximum atomic E-state index is 13.6. The van der Waals surface area contributed by atoms with E-state index in [0.29, 0.717) is 44.0 Å². The van der Waals surface area contributed by atoms with Crippen molar-refractivity contribution in [2.24, 2.45) is 5.10 Å². The van der Waals surface area contributed by atoms with Gasteiger partial charge < -0.3 is 9.47 Å². The first-order valence-electron chi connectivity index (χ1n) is 12.8. The van der Waals surface area contributed by atoms with Gasteiger partial charge in [0.2, 0.25) is 5.88 Å². The predicted octanol–water partition coefficient (Wildman–Crippen LogP) is 7.19. The van der Waals surface area contributed by atoms with E-state index in [1.165, 1.54) is 23.2 Å². The number of ether oxygens (including phenoxy) is 2. The lowest BCUT2D eigenvalue weighted by atomic mass is 9.88. The summed E-state index contributed by atoms with van der Waals surface area (Å²) in [7, 11) is 0. The van der Waals surface area contributed by atoms with Crippen molar-refractivity contribution in [1.29, 1.82) is 0 Å². The Balaban J connectivity index is 1.53. The first-order valence-corrected chi connectivity index (χ1v) is 14.7. The average molecular weight is 718 g/mol. The lowest BCUT2D eigenvalue weighted by molar-refractivity contribution is -0.385. The van der Waals surface area contributed by atoms with E-state index in [4.69, 9.17) is 14.5 Å². The smallest absolute Gasteiger partial charge is 0.287 e. The van der Waals surface area contributed by atoms with Crippen LogP contribution in [-0.4, -0.2) is 32.4 Å². The lowest BCUT2D eigenvalue weighted by Crippen LogP contribution is -2.25. The van der Waals surface area contributed by atoms with Crippen LogP contribution in [0.2, 0.25) is 0 Å². The third-order valence-electron chi connectivity index (χ3n) is 6.60. The maximum Gasteiger partial charge on any atom is 0.287 e. The number of nitrogens with zero attached hydrogens (tertiary/aromatic N) is 5. The molecule has 0 atom stereocenters. The summed E-state index contributed by atoms with van der Waals surface area (Å²) in [6, 6.07) is 11.9.